The number of rotatable bonds is 3. The molecule has 1 fully saturated rings. The van der Waals surface area contributed by atoms with Crippen LogP contribution in [-0.4, -0.2) is 38.6 Å². The molecule has 4 rings (SSSR count). The molecule has 0 saturated carbocycles. The molecule has 0 spiro atoms. The number of aryl methyl sites for hydroxylation is 2. The van der Waals surface area contributed by atoms with Gasteiger partial charge in [0.2, 0.25) is 5.76 Å². The Morgan fingerprint density at radius 2 is 2.04 bits per heavy atom. The van der Waals surface area contributed by atoms with Crippen molar-refractivity contribution in [1.29, 1.82) is 0 Å². The van der Waals surface area contributed by atoms with Gasteiger partial charge in [-0.3, -0.25) is 14.2 Å². The Bertz CT molecular complexity index is 862. The topological polar surface area (TPSA) is 81.2 Å². The third-order valence-electron chi connectivity index (χ3n) is 5.58. The van der Waals surface area contributed by atoms with Crippen LogP contribution in [0.15, 0.2) is 21.8 Å². The fourth-order valence-corrected chi connectivity index (χ4v) is 3.99. The van der Waals surface area contributed by atoms with Crippen LogP contribution in [0.2, 0.25) is 0 Å². The van der Waals surface area contributed by atoms with Crippen molar-refractivity contribution in [3.05, 3.63) is 45.5 Å². The van der Waals surface area contributed by atoms with Gasteiger partial charge in [0.05, 0.1) is 12.0 Å². The Morgan fingerprint density at radius 1 is 1.27 bits per heavy atom. The molecule has 1 aliphatic carbocycles. The Kier molecular flexibility index (Phi) is 4.61. The highest BCUT2D eigenvalue weighted by Gasteiger charge is 2.30. The third kappa shape index (κ3) is 3.18. The summed E-state index contributed by atoms with van der Waals surface area (Å²) in [5.74, 6) is 0.787. The van der Waals surface area contributed by atoms with Crippen molar-refractivity contribution in [2.75, 3.05) is 13.1 Å². The zero-order chi connectivity index (χ0) is 18.1. The summed E-state index contributed by atoms with van der Waals surface area (Å²) in [7, 11) is 0. The maximum atomic E-state index is 12.8. The van der Waals surface area contributed by atoms with E-state index < -0.39 is 0 Å². The highest BCUT2D eigenvalue weighted by molar-refractivity contribution is 5.93. The number of amides is 1. The number of fused-ring (bicyclic) bond motifs is 1. The molecule has 2 aromatic rings. The number of hydrogen-bond donors (Lipinski definition) is 0. The fourth-order valence-electron chi connectivity index (χ4n) is 3.99. The minimum absolute atomic E-state index is 0.0202. The van der Waals surface area contributed by atoms with Gasteiger partial charge in [0.15, 0.2) is 0 Å². The smallest absolute Gasteiger partial charge is 0.292 e. The lowest BCUT2D eigenvalue weighted by molar-refractivity contribution is 0.0639. The number of nitrogens with zero attached hydrogens (tertiary/aromatic N) is 4. The summed E-state index contributed by atoms with van der Waals surface area (Å²) in [5.41, 5.74) is 2.66. The lowest BCUT2D eigenvalue weighted by atomic mass is 9.94. The molecule has 26 heavy (non-hydrogen) atoms. The van der Waals surface area contributed by atoms with Crippen molar-refractivity contribution in [3.8, 4) is 0 Å². The van der Waals surface area contributed by atoms with Crippen LogP contribution in [0.25, 0.3) is 0 Å². The van der Waals surface area contributed by atoms with Crippen LogP contribution >= 0.6 is 0 Å². The molecule has 0 atom stereocenters. The van der Waals surface area contributed by atoms with Gasteiger partial charge in [0, 0.05) is 37.0 Å². The van der Waals surface area contributed by atoms with Gasteiger partial charge in [0.1, 0.15) is 0 Å². The highest BCUT2D eigenvalue weighted by atomic mass is 16.5. The minimum atomic E-state index is -0.0338. The Labute approximate surface area is 152 Å². The molecule has 0 N–H and O–H groups in total. The van der Waals surface area contributed by atoms with Crippen molar-refractivity contribution in [2.45, 2.75) is 52.0 Å². The Morgan fingerprint density at radius 3 is 2.85 bits per heavy atom. The van der Waals surface area contributed by atoms with E-state index in [1.54, 1.807) is 24.0 Å². The van der Waals surface area contributed by atoms with Crippen molar-refractivity contribution in [2.24, 2.45) is 5.92 Å². The van der Waals surface area contributed by atoms with E-state index in [2.05, 4.69) is 10.1 Å². The Balaban J connectivity index is 1.39. The van der Waals surface area contributed by atoms with Crippen LogP contribution in [0.5, 0.6) is 0 Å². The molecule has 3 heterocycles. The van der Waals surface area contributed by atoms with E-state index in [1.165, 1.54) is 0 Å². The summed E-state index contributed by atoms with van der Waals surface area (Å²) in [6, 6.07) is 0. The predicted octanol–water partition coefficient (Wildman–Crippen LogP) is 1.97. The molecular formula is C19H24N4O3. The van der Waals surface area contributed by atoms with Gasteiger partial charge >= 0.3 is 0 Å². The first-order valence-corrected chi connectivity index (χ1v) is 9.41. The van der Waals surface area contributed by atoms with Crippen molar-refractivity contribution in [1.82, 2.24) is 19.6 Å². The van der Waals surface area contributed by atoms with Gasteiger partial charge in [-0.15, -0.1) is 0 Å². The average Bonchev–Trinajstić information content (AvgIpc) is 3.10. The summed E-state index contributed by atoms with van der Waals surface area (Å²) in [6.45, 7) is 3.82. The van der Waals surface area contributed by atoms with Gasteiger partial charge < -0.3 is 9.42 Å². The molecule has 0 aromatic carbocycles. The molecule has 0 radical (unpaired) electrons. The quantitative estimate of drug-likeness (QED) is 0.840. The van der Waals surface area contributed by atoms with Gasteiger partial charge in [-0.1, -0.05) is 5.16 Å². The number of likely N-dealkylation sites (tertiary alicyclic amines) is 1. The van der Waals surface area contributed by atoms with E-state index in [4.69, 9.17) is 4.52 Å². The van der Waals surface area contributed by atoms with Crippen LogP contribution < -0.4 is 5.56 Å². The molecule has 1 saturated heterocycles. The van der Waals surface area contributed by atoms with E-state index in [0.29, 0.717) is 36.9 Å². The SMILES string of the molecule is Cc1cncn(CC2CCN(C(=O)c3onc4c3CCCC4)CC2)c1=O. The van der Waals surface area contributed by atoms with Gasteiger partial charge in [-0.25, -0.2) is 4.98 Å². The van der Waals surface area contributed by atoms with Crippen molar-refractivity contribution < 1.29 is 9.32 Å². The maximum Gasteiger partial charge on any atom is 0.292 e. The molecule has 7 heteroatoms. The van der Waals surface area contributed by atoms with Crippen LogP contribution in [0.3, 0.4) is 0 Å². The maximum absolute atomic E-state index is 12.8. The molecular weight excluding hydrogens is 332 g/mol. The molecule has 1 amide bonds. The monoisotopic (exact) mass is 356 g/mol. The average molecular weight is 356 g/mol. The fraction of sp³-hybridized carbons (Fsp3) is 0.579. The molecule has 0 unspecified atom stereocenters. The first kappa shape index (κ1) is 17.0. The zero-order valence-corrected chi connectivity index (χ0v) is 15.1. The second kappa shape index (κ2) is 7.05. The molecule has 2 aliphatic rings. The largest absolute Gasteiger partial charge is 0.350 e. The summed E-state index contributed by atoms with van der Waals surface area (Å²) < 4.78 is 7.07. The van der Waals surface area contributed by atoms with E-state index in [1.807, 2.05) is 4.90 Å². The molecule has 1 aliphatic heterocycles. The summed E-state index contributed by atoms with van der Waals surface area (Å²) in [6.07, 6.45) is 8.96. The molecule has 2 aromatic heterocycles. The lowest BCUT2D eigenvalue weighted by Crippen LogP contribution is -2.40. The van der Waals surface area contributed by atoms with Crippen LogP contribution in [0.1, 0.15) is 53.1 Å². The second-order valence-electron chi connectivity index (χ2n) is 7.41. The van der Waals surface area contributed by atoms with Gasteiger partial charge in [0.25, 0.3) is 11.5 Å². The number of piperidine rings is 1. The summed E-state index contributed by atoms with van der Waals surface area (Å²) in [5, 5.41) is 4.09. The predicted molar refractivity (Wildman–Crippen MR) is 95.0 cm³/mol. The van der Waals surface area contributed by atoms with Gasteiger partial charge in [-0.05, 0) is 51.4 Å². The number of carbonyl (C=O) groups is 1. The van der Waals surface area contributed by atoms with Crippen molar-refractivity contribution in [3.63, 3.8) is 0 Å². The minimum Gasteiger partial charge on any atom is -0.350 e. The Hall–Kier alpha value is -2.44. The van der Waals surface area contributed by atoms with Crippen LogP contribution in [0.4, 0.5) is 0 Å². The standard InChI is InChI=1S/C19H24N4O3/c1-13-10-20-12-23(18(13)24)11-14-6-8-22(9-7-14)19(25)17-15-4-2-3-5-16(15)21-26-17/h10,12,14H,2-9,11H2,1H3. The zero-order valence-electron chi connectivity index (χ0n) is 15.1. The van der Waals surface area contributed by atoms with E-state index in [9.17, 15) is 9.59 Å². The van der Waals surface area contributed by atoms with Crippen molar-refractivity contribution >= 4 is 5.91 Å². The number of aromatic nitrogens is 3. The van der Waals surface area contributed by atoms with Crippen LogP contribution in [0, 0.1) is 12.8 Å². The number of hydrogen-bond acceptors (Lipinski definition) is 5. The van der Waals surface area contributed by atoms with E-state index in [-0.39, 0.29) is 11.5 Å². The summed E-state index contributed by atoms with van der Waals surface area (Å²) >= 11 is 0. The van der Waals surface area contributed by atoms with Gasteiger partial charge in [-0.2, -0.15) is 0 Å². The first-order chi connectivity index (χ1) is 12.6. The second-order valence-corrected chi connectivity index (χ2v) is 7.41. The lowest BCUT2D eigenvalue weighted by Gasteiger charge is -2.31. The first-order valence-electron chi connectivity index (χ1n) is 9.41. The van der Waals surface area contributed by atoms with E-state index >= 15 is 0 Å². The number of carbonyl (C=O) groups excluding carboxylic acids is 1. The summed E-state index contributed by atoms with van der Waals surface area (Å²) in [4.78, 5) is 30.9. The molecule has 7 nitrogen and oxygen atoms in total. The molecule has 0 bridgehead atoms. The molecule has 138 valence electrons. The highest BCUT2D eigenvalue weighted by Crippen LogP contribution is 2.26. The normalized spacial score (nSPS) is 18.0. The third-order valence-corrected chi connectivity index (χ3v) is 5.58. The van der Waals surface area contributed by atoms with Crippen LogP contribution in [-0.2, 0) is 19.4 Å². The van der Waals surface area contributed by atoms with E-state index in [0.717, 1.165) is 49.8 Å².